The first-order valence-corrected chi connectivity index (χ1v) is 8.69. The van der Waals surface area contributed by atoms with E-state index in [4.69, 9.17) is 9.97 Å². The molecule has 24 heavy (non-hydrogen) atoms. The number of aryl methyl sites for hydroxylation is 1. The molecule has 0 bridgehead atoms. The highest BCUT2D eigenvalue weighted by molar-refractivity contribution is 5.96. The number of piperidine rings is 1. The number of allylic oxidation sites excluding steroid dienone is 1. The highest BCUT2D eigenvalue weighted by Gasteiger charge is 2.19. The standard InChI is InChI=1S/C19H29N5/c1-7-14(4)21-15(5)17-16(6)22-19(23-18(17)20-13(2)3)24-11-9-8-10-12-24/h7,13H,1,5,8-12H2,2-4,6H3,(H,20,22,23). The molecule has 1 aliphatic rings. The Kier molecular flexibility index (Phi) is 6.12. The first kappa shape index (κ1) is 18.2. The van der Waals surface area contributed by atoms with Gasteiger partial charge < -0.3 is 10.2 Å². The molecular formula is C19H29N5. The number of nitrogens with zero attached hydrogens (tertiary/aromatic N) is 4. The van der Waals surface area contributed by atoms with Gasteiger partial charge in [-0.2, -0.15) is 4.98 Å². The Bertz CT molecular complexity index is 639. The summed E-state index contributed by atoms with van der Waals surface area (Å²) in [6, 6.07) is 0.268. The fraction of sp³-hybridized carbons (Fsp3) is 0.526. The van der Waals surface area contributed by atoms with Crippen LogP contribution in [0, 0.1) is 6.92 Å². The number of nitrogens with one attached hydrogen (secondary N) is 1. The van der Waals surface area contributed by atoms with Crippen LogP contribution in [-0.4, -0.2) is 34.8 Å². The molecule has 0 radical (unpaired) electrons. The van der Waals surface area contributed by atoms with Crippen molar-refractivity contribution in [3.05, 3.63) is 30.5 Å². The molecule has 1 saturated heterocycles. The van der Waals surface area contributed by atoms with Crippen LogP contribution in [0.3, 0.4) is 0 Å². The summed E-state index contributed by atoms with van der Waals surface area (Å²) in [5.74, 6) is 1.61. The summed E-state index contributed by atoms with van der Waals surface area (Å²) in [5, 5.41) is 3.43. The van der Waals surface area contributed by atoms with E-state index in [0.29, 0.717) is 5.70 Å². The van der Waals surface area contributed by atoms with Crippen molar-refractivity contribution >= 4 is 23.2 Å². The maximum absolute atomic E-state index is 4.80. The van der Waals surface area contributed by atoms with E-state index < -0.39 is 0 Å². The van der Waals surface area contributed by atoms with Gasteiger partial charge in [-0.3, -0.25) is 4.99 Å². The van der Waals surface area contributed by atoms with Crippen LogP contribution >= 0.6 is 0 Å². The van der Waals surface area contributed by atoms with Crippen molar-refractivity contribution < 1.29 is 0 Å². The Morgan fingerprint density at radius 1 is 1.25 bits per heavy atom. The first-order valence-electron chi connectivity index (χ1n) is 8.69. The number of anilines is 2. The van der Waals surface area contributed by atoms with Crippen LogP contribution in [-0.2, 0) is 0 Å². The fourth-order valence-corrected chi connectivity index (χ4v) is 2.83. The molecule has 2 rings (SSSR count). The summed E-state index contributed by atoms with van der Waals surface area (Å²) in [6.07, 6.45) is 5.41. The quantitative estimate of drug-likeness (QED) is 0.795. The molecule has 0 aliphatic carbocycles. The van der Waals surface area contributed by atoms with Gasteiger partial charge in [0, 0.05) is 24.8 Å². The molecule has 1 aromatic heterocycles. The predicted octanol–water partition coefficient (Wildman–Crippen LogP) is 4.21. The van der Waals surface area contributed by atoms with Gasteiger partial charge in [-0.25, -0.2) is 4.98 Å². The SMILES string of the molecule is C=CC(C)=NC(=C)c1c(C)nc(N2CCCCC2)nc1NC(C)C. The Balaban J connectivity index is 2.45. The normalized spacial score (nSPS) is 15.5. The largest absolute Gasteiger partial charge is 0.367 e. The molecule has 0 amide bonds. The van der Waals surface area contributed by atoms with E-state index in [2.05, 4.69) is 42.2 Å². The van der Waals surface area contributed by atoms with E-state index in [-0.39, 0.29) is 6.04 Å². The number of aliphatic imine (C=N–C) groups is 1. The summed E-state index contributed by atoms with van der Waals surface area (Å²) in [4.78, 5) is 16.3. The van der Waals surface area contributed by atoms with E-state index in [1.165, 1.54) is 19.3 Å². The van der Waals surface area contributed by atoms with Crippen molar-refractivity contribution in [3.63, 3.8) is 0 Å². The third-order valence-electron chi connectivity index (χ3n) is 4.04. The van der Waals surface area contributed by atoms with E-state index in [1.807, 2.05) is 13.8 Å². The summed E-state index contributed by atoms with van der Waals surface area (Å²) in [5.41, 5.74) is 3.28. The molecule has 130 valence electrons. The second kappa shape index (κ2) is 8.08. The molecule has 0 aromatic carbocycles. The second-order valence-electron chi connectivity index (χ2n) is 6.58. The van der Waals surface area contributed by atoms with Gasteiger partial charge in [0.1, 0.15) is 5.82 Å². The number of hydrogen-bond donors (Lipinski definition) is 1. The monoisotopic (exact) mass is 327 g/mol. The zero-order valence-electron chi connectivity index (χ0n) is 15.4. The van der Waals surface area contributed by atoms with Gasteiger partial charge in [-0.1, -0.05) is 13.2 Å². The molecule has 5 nitrogen and oxygen atoms in total. The zero-order chi connectivity index (χ0) is 17.7. The van der Waals surface area contributed by atoms with Crippen molar-refractivity contribution in [2.75, 3.05) is 23.3 Å². The molecule has 1 fully saturated rings. The van der Waals surface area contributed by atoms with Gasteiger partial charge in [-0.15, -0.1) is 0 Å². The molecule has 1 N–H and O–H groups in total. The topological polar surface area (TPSA) is 53.4 Å². The third-order valence-corrected chi connectivity index (χ3v) is 4.04. The smallest absolute Gasteiger partial charge is 0.227 e. The van der Waals surface area contributed by atoms with Gasteiger partial charge in [-0.05, 0) is 53.0 Å². The Morgan fingerprint density at radius 3 is 2.50 bits per heavy atom. The minimum atomic E-state index is 0.268. The fourth-order valence-electron chi connectivity index (χ4n) is 2.83. The van der Waals surface area contributed by atoms with Crippen LogP contribution in [0.25, 0.3) is 5.70 Å². The Labute approximate surface area is 145 Å². The summed E-state index contributed by atoms with van der Waals surface area (Å²) >= 11 is 0. The van der Waals surface area contributed by atoms with Crippen molar-refractivity contribution in [3.8, 4) is 0 Å². The van der Waals surface area contributed by atoms with Crippen molar-refractivity contribution in [1.29, 1.82) is 0 Å². The number of hydrogen-bond acceptors (Lipinski definition) is 5. The Morgan fingerprint density at radius 2 is 1.92 bits per heavy atom. The molecule has 0 unspecified atom stereocenters. The average molecular weight is 327 g/mol. The minimum absolute atomic E-state index is 0.268. The van der Waals surface area contributed by atoms with Crippen molar-refractivity contribution in [1.82, 2.24) is 9.97 Å². The molecule has 0 atom stereocenters. The van der Waals surface area contributed by atoms with Crippen LogP contribution in [0.4, 0.5) is 11.8 Å². The van der Waals surface area contributed by atoms with Gasteiger partial charge in [0.15, 0.2) is 0 Å². The summed E-state index contributed by atoms with van der Waals surface area (Å²) < 4.78 is 0. The highest BCUT2D eigenvalue weighted by Crippen LogP contribution is 2.29. The van der Waals surface area contributed by atoms with Crippen LogP contribution in [0.5, 0.6) is 0 Å². The molecular weight excluding hydrogens is 298 g/mol. The Hall–Kier alpha value is -2.17. The molecule has 5 heteroatoms. The lowest BCUT2D eigenvalue weighted by Gasteiger charge is -2.28. The number of rotatable bonds is 6. The number of aromatic nitrogens is 2. The van der Waals surface area contributed by atoms with Gasteiger partial charge in [0.2, 0.25) is 5.95 Å². The predicted molar refractivity (Wildman–Crippen MR) is 104 cm³/mol. The van der Waals surface area contributed by atoms with Gasteiger partial charge >= 0.3 is 0 Å². The van der Waals surface area contributed by atoms with Crippen LogP contribution in [0.15, 0.2) is 24.2 Å². The molecule has 0 saturated carbocycles. The van der Waals surface area contributed by atoms with E-state index in [1.54, 1.807) is 6.08 Å². The lowest BCUT2D eigenvalue weighted by atomic mass is 10.1. The first-order chi connectivity index (χ1) is 11.4. The summed E-state index contributed by atoms with van der Waals surface area (Å²) in [7, 11) is 0. The van der Waals surface area contributed by atoms with Gasteiger partial charge in [0.25, 0.3) is 0 Å². The van der Waals surface area contributed by atoms with E-state index >= 15 is 0 Å². The van der Waals surface area contributed by atoms with Gasteiger partial charge in [0.05, 0.1) is 17.0 Å². The third kappa shape index (κ3) is 4.43. The molecule has 1 aromatic rings. The van der Waals surface area contributed by atoms with E-state index in [9.17, 15) is 0 Å². The average Bonchev–Trinajstić information content (AvgIpc) is 2.54. The van der Waals surface area contributed by atoms with E-state index in [0.717, 1.165) is 41.8 Å². The van der Waals surface area contributed by atoms with Crippen molar-refractivity contribution in [2.24, 2.45) is 4.99 Å². The maximum Gasteiger partial charge on any atom is 0.227 e. The summed E-state index contributed by atoms with van der Waals surface area (Å²) in [6.45, 7) is 18.0. The molecule has 2 heterocycles. The second-order valence-corrected chi connectivity index (χ2v) is 6.58. The zero-order valence-corrected chi connectivity index (χ0v) is 15.4. The van der Waals surface area contributed by atoms with Crippen LogP contribution in [0.1, 0.15) is 51.3 Å². The molecule has 1 aliphatic heterocycles. The highest BCUT2D eigenvalue weighted by atomic mass is 15.3. The van der Waals surface area contributed by atoms with Crippen molar-refractivity contribution in [2.45, 2.75) is 53.0 Å². The van der Waals surface area contributed by atoms with Crippen LogP contribution in [0.2, 0.25) is 0 Å². The lowest BCUT2D eigenvalue weighted by molar-refractivity contribution is 0.567. The van der Waals surface area contributed by atoms with Crippen LogP contribution < -0.4 is 10.2 Å². The maximum atomic E-state index is 4.80. The molecule has 0 spiro atoms. The minimum Gasteiger partial charge on any atom is -0.367 e. The lowest BCUT2D eigenvalue weighted by Crippen LogP contribution is -2.31.